The number of carbonyl (C=O) groups is 1. The van der Waals surface area contributed by atoms with Gasteiger partial charge in [0.2, 0.25) is 0 Å². The Morgan fingerprint density at radius 3 is 2.96 bits per heavy atom. The highest BCUT2D eigenvalue weighted by atomic mass is 16.5. The van der Waals surface area contributed by atoms with E-state index in [9.17, 15) is 4.79 Å². The summed E-state index contributed by atoms with van der Waals surface area (Å²) in [5.74, 6) is 0.0379. The molecule has 1 aliphatic rings. The molecular formula is C20H27N3O4. The van der Waals surface area contributed by atoms with Crippen LogP contribution in [0, 0.1) is 13.8 Å². The van der Waals surface area contributed by atoms with E-state index in [2.05, 4.69) is 11.8 Å². The molecule has 7 heteroatoms. The van der Waals surface area contributed by atoms with E-state index in [4.69, 9.17) is 19.7 Å². The van der Waals surface area contributed by atoms with Gasteiger partial charge in [0.1, 0.15) is 5.75 Å². The third kappa shape index (κ3) is 4.31. The summed E-state index contributed by atoms with van der Waals surface area (Å²) in [6, 6.07) is 7.92. The number of aromatic nitrogens is 2. The van der Waals surface area contributed by atoms with Crippen LogP contribution in [0.4, 0.5) is 0 Å². The van der Waals surface area contributed by atoms with Gasteiger partial charge in [0.05, 0.1) is 37.7 Å². The lowest BCUT2D eigenvalue weighted by Gasteiger charge is -2.36. The lowest BCUT2D eigenvalue weighted by atomic mass is 10.0. The maximum absolute atomic E-state index is 10.8. The van der Waals surface area contributed by atoms with E-state index in [0.29, 0.717) is 19.6 Å². The Labute approximate surface area is 159 Å². The van der Waals surface area contributed by atoms with Crippen molar-refractivity contribution in [3.63, 3.8) is 0 Å². The molecule has 1 aromatic carbocycles. The molecule has 0 radical (unpaired) electrons. The maximum atomic E-state index is 10.8. The standard InChI is InChI=1S/C20H27N3O4/c1-14-20(18-13-27-11-10-22(18)9-5-8-19(24)25)15(2)23(21-14)16-6-4-7-17(12-16)26-3/h4,6-7,12,18H,5,8-11,13H2,1-3H3,(H,24,25). The van der Waals surface area contributed by atoms with Crippen LogP contribution in [-0.4, -0.2) is 59.2 Å². The van der Waals surface area contributed by atoms with Crippen LogP contribution in [0.5, 0.6) is 5.75 Å². The second-order valence-corrected chi connectivity index (χ2v) is 6.82. The lowest BCUT2D eigenvalue weighted by Crippen LogP contribution is -2.40. The predicted octanol–water partition coefficient (Wildman–Crippen LogP) is 2.74. The zero-order chi connectivity index (χ0) is 19.4. The number of aliphatic carboxylic acids is 1. The summed E-state index contributed by atoms with van der Waals surface area (Å²) in [5.41, 5.74) is 4.15. The summed E-state index contributed by atoms with van der Waals surface area (Å²) in [5, 5.41) is 13.7. The fourth-order valence-corrected chi connectivity index (χ4v) is 3.74. The van der Waals surface area contributed by atoms with Gasteiger partial charge in [-0.1, -0.05) is 6.07 Å². The normalized spacial score (nSPS) is 17.8. The molecule has 27 heavy (non-hydrogen) atoms. The molecule has 1 fully saturated rings. The second kappa shape index (κ2) is 8.54. The van der Waals surface area contributed by atoms with E-state index < -0.39 is 5.97 Å². The number of morpholine rings is 1. The zero-order valence-electron chi connectivity index (χ0n) is 16.1. The Hall–Kier alpha value is -2.38. The largest absolute Gasteiger partial charge is 0.497 e. The molecule has 1 saturated heterocycles. The monoisotopic (exact) mass is 373 g/mol. The number of methoxy groups -OCH3 is 1. The quantitative estimate of drug-likeness (QED) is 0.804. The number of hydrogen-bond acceptors (Lipinski definition) is 5. The minimum atomic E-state index is -0.752. The Morgan fingerprint density at radius 2 is 2.22 bits per heavy atom. The van der Waals surface area contributed by atoms with Crippen molar-refractivity contribution in [2.75, 3.05) is 33.4 Å². The summed E-state index contributed by atoms with van der Waals surface area (Å²) < 4.78 is 13.0. The van der Waals surface area contributed by atoms with E-state index in [1.54, 1.807) is 7.11 Å². The molecule has 0 spiro atoms. The molecule has 7 nitrogen and oxygen atoms in total. The van der Waals surface area contributed by atoms with Crippen LogP contribution >= 0.6 is 0 Å². The smallest absolute Gasteiger partial charge is 0.303 e. The molecule has 1 aliphatic heterocycles. The summed E-state index contributed by atoms with van der Waals surface area (Å²) in [7, 11) is 1.65. The third-order valence-corrected chi connectivity index (χ3v) is 5.05. The molecule has 0 saturated carbocycles. The zero-order valence-corrected chi connectivity index (χ0v) is 16.1. The second-order valence-electron chi connectivity index (χ2n) is 6.82. The molecule has 1 aromatic heterocycles. The van der Waals surface area contributed by atoms with E-state index in [-0.39, 0.29) is 12.5 Å². The number of aryl methyl sites for hydroxylation is 1. The maximum Gasteiger partial charge on any atom is 0.303 e. The molecule has 1 unspecified atom stereocenters. The number of carboxylic acid groups (broad SMARTS) is 1. The number of nitrogens with zero attached hydrogens (tertiary/aromatic N) is 3. The Morgan fingerprint density at radius 1 is 1.41 bits per heavy atom. The van der Waals surface area contributed by atoms with Crippen molar-refractivity contribution < 1.29 is 19.4 Å². The van der Waals surface area contributed by atoms with E-state index >= 15 is 0 Å². The van der Waals surface area contributed by atoms with Crippen LogP contribution in [0.1, 0.15) is 35.8 Å². The number of benzene rings is 1. The first-order valence-corrected chi connectivity index (χ1v) is 9.25. The van der Waals surface area contributed by atoms with Gasteiger partial charge < -0.3 is 14.6 Å². The van der Waals surface area contributed by atoms with Gasteiger partial charge in [0, 0.05) is 30.3 Å². The highest BCUT2D eigenvalue weighted by Crippen LogP contribution is 2.31. The SMILES string of the molecule is COc1cccc(-n2nc(C)c(C3COCCN3CCCC(=O)O)c2C)c1. The van der Waals surface area contributed by atoms with Gasteiger partial charge in [0.15, 0.2) is 0 Å². The lowest BCUT2D eigenvalue weighted by molar-refractivity contribution is -0.137. The highest BCUT2D eigenvalue weighted by molar-refractivity contribution is 5.66. The molecule has 2 heterocycles. The highest BCUT2D eigenvalue weighted by Gasteiger charge is 2.29. The van der Waals surface area contributed by atoms with Gasteiger partial charge >= 0.3 is 5.97 Å². The van der Waals surface area contributed by atoms with Crippen molar-refractivity contribution in [1.29, 1.82) is 0 Å². The Kier molecular flexibility index (Phi) is 6.13. The number of hydrogen-bond donors (Lipinski definition) is 1. The first kappa shape index (κ1) is 19.4. The Balaban J connectivity index is 1.88. The first-order chi connectivity index (χ1) is 13.0. The minimum Gasteiger partial charge on any atom is -0.497 e. The van der Waals surface area contributed by atoms with E-state index in [1.165, 1.54) is 0 Å². The van der Waals surface area contributed by atoms with Crippen LogP contribution in [0.3, 0.4) is 0 Å². The molecule has 3 rings (SSSR count). The molecule has 0 bridgehead atoms. The van der Waals surface area contributed by atoms with Gasteiger partial charge in [0.25, 0.3) is 0 Å². The Bertz CT molecular complexity index is 803. The molecule has 1 N–H and O–H groups in total. The molecule has 0 aliphatic carbocycles. The van der Waals surface area contributed by atoms with Gasteiger partial charge in [-0.2, -0.15) is 5.10 Å². The van der Waals surface area contributed by atoms with Crippen molar-refractivity contribution in [2.24, 2.45) is 0 Å². The van der Waals surface area contributed by atoms with Gasteiger partial charge in [-0.05, 0) is 38.9 Å². The van der Waals surface area contributed by atoms with Gasteiger partial charge in [-0.15, -0.1) is 0 Å². The predicted molar refractivity (Wildman–Crippen MR) is 102 cm³/mol. The number of carboxylic acids is 1. The molecule has 1 atom stereocenters. The summed E-state index contributed by atoms with van der Waals surface area (Å²) in [4.78, 5) is 13.2. The van der Waals surface area contributed by atoms with Crippen molar-refractivity contribution in [3.8, 4) is 11.4 Å². The summed E-state index contributed by atoms with van der Waals surface area (Å²) in [6.07, 6.45) is 0.819. The first-order valence-electron chi connectivity index (χ1n) is 9.25. The average Bonchev–Trinajstić information content (AvgIpc) is 2.96. The van der Waals surface area contributed by atoms with Crippen LogP contribution in [0.2, 0.25) is 0 Å². The summed E-state index contributed by atoms with van der Waals surface area (Å²) >= 11 is 0. The van der Waals surface area contributed by atoms with Crippen molar-refractivity contribution in [3.05, 3.63) is 41.2 Å². The fraction of sp³-hybridized carbons (Fsp3) is 0.500. The molecular weight excluding hydrogens is 346 g/mol. The topological polar surface area (TPSA) is 76.8 Å². The van der Waals surface area contributed by atoms with Crippen molar-refractivity contribution >= 4 is 5.97 Å². The molecule has 2 aromatic rings. The number of rotatable bonds is 7. The van der Waals surface area contributed by atoms with Crippen LogP contribution < -0.4 is 4.74 Å². The molecule has 0 amide bonds. The van der Waals surface area contributed by atoms with E-state index in [0.717, 1.165) is 41.5 Å². The number of ether oxygens (including phenoxy) is 2. The van der Waals surface area contributed by atoms with Crippen LogP contribution in [0.25, 0.3) is 5.69 Å². The average molecular weight is 373 g/mol. The fourth-order valence-electron chi connectivity index (χ4n) is 3.74. The van der Waals surface area contributed by atoms with Crippen molar-refractivity contribution in [1.82, 2.24) is 14.7 Å². The van der Waals surface area contributed by atoms with Gasteiger partial charge in [-0.3, -0.25) is 9.69 Å². The van der Waals surface area contributed by atoms with Crippen LogP contribution in [0.15, 0.2) is 24.3 Å². The van der Waals surface area contributed by atoms with Gasteiger partial charge in [-0.25, -0.2) is 4.68 Å². The van der Waals surface area contributed by atoms with Crippen LogP contribution in [-0.2, 0) is 9.53 Å². The van der Waals surface area contributed by atoms with E-state index in [1.807, 2.05) is 35.9 Å². The summed E-state index contributed by atoms with van der Waals surface area (Å²) in [6.45, 7) is 6.89. The van der Waals surface area contributed by atoms with Crippen molar-refractivity contribution in [2.45, 2.75) is 32.7 Å². The molecule has 146 valence electrons. The third-order valence-electron chi connectivity index (χ3n) is 5.05. The minimum absolute atomic E-state index is 0.0897.